The van der Waals surface area contributed by atoms with E-state index in [1.807, 2.05) is 45.0 Å². The smallest absolute Gasteiger partial charge is 0.410 e. The van der Waals surface area contributed by atoms with E-state index in [2.05, 4.69) is 6.07 Å². The largest absolute Gasteiger partial charge is 0.444 e. The van der Waals surface area contributed by atoms with Gasteiger partial charge in [0.15, 0.2) is 0 Å². The summed E-state index contributed by atoms with van der Waals surface area (Å²) in [5, 5.41) is 0. The van der Waals surface area contributed by atoms with Crippen molar-refractivity contribution in [2.24, 2.45) is 5.73 Å². The second-order valence-corrected chi connectivity index (χ2v) is 7.58. The fraction of sp³-hybridized carbons (Fsp3) is 0.333. The lowest BCUT2D eigenvalue weighted by Gasteiger charge is -2.31. The summed E-state index contributed by atoms with van der Waals surface area (Å²) >= 11 is 0. The predicted molar refractivity (Wildman–Crippen MR) is 101 cm³/mol. The van der Waals surface area contributed by atoms with E-state index in [1.165, 1.54) is 5.56 Å². The third-order valence-electron chi connectivity index (χ3n) is 4.35. The molecule has 1 heterocycles. The van der Waals surface area contributed by atoms with Gasteiger partial charge in [-0.15, -0.1) is 0 Å². The molecule has 5 nitrogen and oxygen atoms in total. The number of amides is 2. The van der Waals surface area contributed by atoms with E-state index in [0.717, 1.165) is 23.1 Å². The molecule has 1 aliphatic rings. The van der Waals surface area contributed by atoms with Crippen LogP contribution in [0.2, 0.25) is 0 Å². The van der Waals surface area contributed by atoms with Gasteiger partial charge in [0, 0.05) is 18.7 Å². The molecule has 5 heteroatoms. The molecule has 0 bridgehead atoms. The Balaban J connectivity index is 1.80. The molecule has 0 unspecified atom stereocenters. The first-order valence-electron chi connectivity index (χ1n) is 8.73. The minimum atomic E-state index is -0.493. The maximum Gasteiger partial charge on any atom is 0.410 e. The van der Waals surface area contributed by atoms with Gasteiger partial charge in [-0.2, -0.15) is 0 Å². The monoisotopic (exact) mass is 352 g/mol. The van der Waals surface area contributed by atoms with E-state index in [-0.39, 0.29) is 6.09 Å². The summed E-state index contributed by atoms with van der Waals surface area (Å²) < 4.78 is 5.46. The lowest BCUT2D eigenvalue weighted by molar-refractivity contribution is 0.0224. The van der Waals surface area contributed by atoms with Gasteiger partial charge < -0.3 is 15.4 Å². The molecule has 26 heavy (non-hydrogen) atoms. The summed E-state index contributed by atoms with van der Waals surface area (Å²) in [6.45, 7) is 6.79. The van der Waals surface area contributed by atoms with Crippen LogP contribution in [0.5, 0.6) is 0 Å². The minimum absolute atomic E-state index is 0.276. The lowest BCUT2D eigenvalue weighted by atomic mass is 9.94. The SMILES string of the molecule is CC(C)(C)OC(=O)N1CCc2cc(-c3cccc(C(N)=O)c3)ccc2C1. The molecule has 0 aliphatic carbocycles. The standard InChI is InChI=1S/C21H24N2O3/c1-21(2,3)26-20(25)23-10-9-16-11-15(7-8-18(16)13-23)14-5-4-6-17(12-14)19(22)24/h4-8,11-12H,9-10,13H2,1-3H3,(H2,22,24). The molecule has 3 rings (SSSR count). The zero-order valence-corrected chi connectivity index (χ0v) is 15.4. The molecule has 0 spiro atoms. The number of hydrogen-bond donors (Lipinski definition) is 1. The number of benzene rings is 2. The maximum absolute atomic E-state index is 12.3. The molecule has 2 N–H and O–H groups in total. The van der Waals surface area contributed by atoms with Crippen LogP contribution in [0, 0.1) is 0 Å². The van der Waals surface area contributed by atoms with Gasteiger partial charge in [0.1, 0.15) is 5.60 Å². The quantitative estimate of drug-likeness (QED) is 0.895. The molecule has 2 aromatic rings. The fourth-order valence-corrected chi connectivity index (χ4v) is 3.07. The topological polar surface area (TPSA) is 72.6 Å². The number of primary amides is 1. The average molecular weight is 352 g/mol. The second-order valence-electron chi connectivity index (χ2n) is 7.58. The molecule has 0 saturated carbocycles. The molecule has 0 fully saturated rings. The second kappa shape index (κ2) is 6.83. The number of ether oxygens (including phenoxy) is 1. The lowest BCUT2D eigenvalue weighted by Crippen LogP contribution is -2.39. The third kappa shape index (κ3) is 4.04. The first-order chi connectivity index (χ1) is 12.2. The summed E-state index contributed by atoms with van der Waals surface area (Å²) in [6, 6.07) is 13.5. The number of carbonyl (C=O) groups excluding carboxylic acids is 2. The van der Waals surface area contributed by atoms with Crippen molar-refractivity contribution in [1.82, 2.24) is 4.90 Å². The molecular formula is C21H24N2O3. The Morgan fingerprint density at radius 1 is 1.04 bits per heavy atom. The highest BCUT2D eigenvalue weighted by Crippen LogP contribution is 2.27. The summed E-state index contributed by atoms with van der Waals surface area (Å²) in [6.07, 6.45) is 0.499. The fourth-order valence-electron chi connectivity index (χ4n) is 3.07. The van der Waals surface area contributed by atoms with Crippen LogP contribution in [-0.4, -0.2) is 29.0 Å². The number of carbonyl (C=O) groups is 2. The number of hydrogen-bond acceptors (Lipinski definition) is 3. The number of nitrogens with two attached hydrogens (primary N) is 1. The first kappa shape index (κ1) is 18.0. The zero-order valence-electron chi connectivity index (χ0n) is 15.4. The van der Waals surface area contributed by atoms with Crippen molar-refractivity contribution in [1.29, 1.82) is 0 Å². The molecule has 1 aliphatic heterocycles. The highest BCUT2D eigenvalue weighted by Gasteiger charge is 2.25. The Kier molecular flexibility index (Phi) is 4.72. The zero-order chi connectivity index (χ0) is 18.9. The van der Waals surface area contributed by atoms with E-state index < -0.39 is 11.5 Å². The molecule has 0 aromatic heterocycles. The van der Waals surface area contributed by atoms with Crippen molar-refractivity contribution in [3.63, 3.8) is 0 Å². The predicted octanol–water partition coefficient (Wildman–Crippen LogP) is 3.75. The highest BCUT2D eigenvalue weighted by atomic mass is 16.6. The number of nitrogens with zero attached hydrogens (tertiary/aromatic N) is 1. The van der Waals surface area contributed by atoms with Crippen LogP contribution < -0.4 is 5.73 Å². The molecular weight excluding hydrogens is 328 g/mol. The molecule has 2 amide bonds. The van der Waals surface area contributed by atoms with Crippen LogP contribution in [0.3, 0.4) is 0 Å². The summed E-state index contributed by atoms with van der Waals surface area (Å²) in [5.74, 6) is -0.433. The van der Waals surface area contributed by atoms with Crippen LogP contribution in [0.1, 0.15) is 42.3 Å². The van der Waals surface area contributed by atoms with Gasteiger partial charge in [0.2, 0.25) is 5.91 Å². The highest BCUT2D eigenvalue weighted by molar-refractivity contribution is 5.94. The molecule has 0 atom stereocenters. The maximum atomic E-state index is 12.3. The van der Waals surface area contributed by atoms with Crippen molar-refractivity contribution < 1.29 is 14.3 Å². The van der Waals surface area contributed by atoms with Gasteiger partial charge >= 0.3 is 6.09 Å². The summed E-state index contributed by atoms with van der Waals surface area (Å²) in [4.78, 5) is 25.4. The third-order valence-corrected chi connectivity index (χ3v) is 4.35. The van der Waals surface area contributed by atoms with Crippen LogP contribution in [0.25, 0.3) is 11.1 Å². The van der Waals surface area contributed by atoms with Gasteiger partial charge in [0.25, 0.3) is 0 Å². The molecule has 136 valence electrons. The van der Waals surface area contributed by atoms with Crippen molar-refractivity contribution in [3.05, 3.63) is 59.2 Å². The van der Waals surface area contributed by atoms with Gasteiger partial charge in [-0.05, 0) is 61.6 Å². The Morgan fingerprint density at radius 3 is 2.46 bits per heavy atom. The summed E-state index contributed by atoms with van der Waals surface area (Å²) in [5.41, 5.74) is 9.71. The first-order valence-corrected chi connectivity index (χ1v) is 8.73. The number of rotatable bonds is 2. The van der Waals surface area contributed by atoms with Crippen LogP contribution >= 0.6 is 0 Å². The molecule has 0 saturated heterocycles. The van der Waals surface area contributed by atoms with Gasteiger partial charge in [-0.1, -0.05) is 30.3 Å². The van der Waals surface area contributed by atoms with Crippen LogP contribution in [0.15, 0.2) is 42.5 Å². The van der Waals surface area contributed by atoms with Crippen molar-refractivity contribution in [3.8, 4) is 11.1 Å². The van der Waals surface area contributed by atoms with Gasteiger partial charge in [-0.3, -0.25) is 4.79 Å². The molecule has 2 aromatic carbocycles. The van der Waals surface area contributed by atoms with E-state index in [4.69, 9.17) is 10.5 Å². The molecule has 0 radical (unpaired) electrons. The van der Waals surface area contributed by atoms with E-state index >= 15 is 0 Å². The normalized spacial score (nSPS) is 13.9. The minimum Gasteiger partial charge on any atom is -0.444 e. The Morgan fingerprint density at radius 2 is 1.77 bits per heavy atom. The van der Waals surface area contributed by atoms with E-state index in [1.54, 1.807) is 17.0 Å². The average Bonchev–Trinajstić information content (AvgIpc) is 2.59. The Hall–Kier alpha value is -2.82. The van der Waals surface area contributed by atoms with Gasteiger partial charge in [0.05, 0.1) is 0 Å². The van der Waals surface area contributed by atoms with Crippen molar-refractivity contribution in [2.45, 2.75) is 39.3 Å². The summed E-state index contributed by atoms with van der Waals surface area (Å²) in [7, 11) is 0. The Bertz CT molecular complexity index is 853. The number of fused-ring (bicyclic) bond motifs is 1. The van der Waals surface area contributed by atoms with Crippen LogP contribution in [0.4, 0.5) is 4.79 Å². The van der Waals surface area contributed by atoms with E-state index in [0.29, 0.717) is 18.7 Å². The Labute approximate surface area is 153 Å². The van der Waals surface area contributed by atoms with E-state index in [9.17, 15) is 9.59 Å². The van der Waals surface area contributed by atoms with Gasteiger partial charge in [-0.25, -0.2) is 4.79 Å². The van der Waals surface area contributed by atoms with Crippen molar-refractivity contribution >= 4 is 12.0 Å². The van der Waals surface area contributed by atoms with Crippen LogP contribution in [-0.2, 0) is 17.7 Å². The van der Waals surface area contributed by atoms with Crippen molar-refractivity contribution in [2.75, 3.05) is 6.54 Å².